The van der Waals surface area contributed by atoms with Gasteiger partial charge in [-0.05, 0) is 37.8 Å². The molecule has 1 unspecified atom stereocenters. The smallest absolute Gasteiger partial charge is 0.225 e. The molecule has 2 heterocycles. The van der Waals surface area contributed by atoms with Crippen molar-refractivity contribution in [1.29, 1.82) is 0 Å². The van der Waals surface area contributed by atoms with E-state index >= 15 is 0 Å². The topological polar surface area (TPSA) is 36.0 Å². The highest BCUT2D eigenvalue weighted by atomic mass is 16.5. The fraction of sp³-hybridized carbons (Fsp3) is 0.650. The largest absolute Gasteiger partial charge is 0.495 e. The van der Waals surface area contributed by atoms with Crippen molar-refractivity contribution in [2.75, 3.05) is 51.3 Å². The van der Waals surface area contributed by atoms with Gasteiger partial charge in [0, 0.05) is 51.2 Å². The summed E-state index contributed by atoms with van der Waals surface area (Å²) in [6, 6.07) is 8.81. The normalized spacial score (nSPS) is 25.1. The minimum atomic E-state index is 0.348. The Bertz CT molecular complexity index is 609. The average molecular weight is 343 g/mol. The first-order chi connectivity index (χ1) is 12.3. The van der Waals surface area contributed by atoms with Crippen molar-refractivity contribution >= 4 is 11.6 Å². The summed E-state index contributed by atoms with van der Waals surface area (Å²) in [6.07, 6.45) is 4.59. The molecule has 0 spiro atoms. The second-order valence-corrected chi connectivity index (χ2v) is 7.55. The van der Waals surface area contributed by atoms with E-state index in [1.165, 1.54) is 12.1 Å². The van der Waals surface area contributed by atoms with Crippen LogP contribution in [-0.2, 0) is 4.79 Å². The molecule has 136 valence electrons. The third kappa shape index (κ3) is 3.61. The molecule has 1 aromatic carbocycles. The zero-order chi connectivity index (χ0) is 17.2. The monoisotopic (exact) mass is 343 g/mol. The molecule has 0 N–H and O–H groups in total. The lowest BCUT2D eigenvalue weighted by Crippen LogP contribution is -2.56. The number of ether oxygens (including phenoxy) is 1. The number of likely N-dealkylation sites (tertiary alicyclic amines) is 1. The Kier molecular flexibility index (Phi) is 4.84. The van der Waals surface area contributed by atoms with Gasteiger partial charge in [-0.25, -0.2) is 0 Å². The number of piperidine rings is 1. The van der Waals surface area contributed by atoms with Crippen LogP contribution in [0.3, 0.4) is 0 Å². The number of anilines is 1. The average Bonchev–Trinajstić information content (AvgIpc) is 3.53. The Morgan fingerprint density at radius 1 is 1.04 bits per heavy atom. The molecule has 3 fully saturated rings. The van der Waals surface area contributed by atoms with Gasteiger partial charge in [-0.3, -0.25) is 9.69 Å². The van der Waals surface area contributed by atoms with Crippen LogP contribution in [0, 0.1) is 5.92 Å². The molecule has 1 atom stereocenters. The summed E-state index contributed by atoms with van der Waals surface area (Å²) < 4.78 is 5.51. The first kappa shape index (κ1) is 16.7. The van der Waals surface area contributed by atoms with E-state index in [-0.39, 0.29) is 0 Å². The van der Waals surface area contributed by atoms with E-state index in [1.54, 1.807) is 7.11 Å². The van der Waals surface area contributed by atoms with Crippen molar-refractivity contribution in [2.24, 2.45) is 5.92 Å². The maximum absolute atomic E-state index is 12.4. The molecule has 5 nitrogen and oxygen atoms in total. The number of hydrogen-bond acceptors (Lipinski definition) is 4. The van der Waals surface area contributed by atoms with Crippen LogP contribution in [0.5, 0.6) is 5.75 Å². The molecule has 2 saturated heterocycles. The van der Waals surface area contributed by atoms with Crippen LogP contribution in [-0.4, -0.2) is 68.1 Å². The predicted molar refractivity (Wildman–Crippen MR) is 99.1 cm³/mol. The predicted octanol–water partition coefficient (Wildman–Crippen LogP) is 2.22. The number of piperazine rings is 1. The Labute approximate surface area is 150 Å². The van der Waals surface area contributed by atoms with Gasteiger partial charge in [-0.2, -0.15) is 0 Å². The molecule has 3 aliphatic rings. The molecule has 5 heteroatoms. The molecule has 0 aromatic heterocycles. The quantitative estimate of drug-likeness (QED) is 0.840. The van der Waals surface area contributed by atoms with Crippen LogP contribution in [0.1, 0.15) is 25.7 Å². The Morgan fingerprint density at radius 2 is 1.80 bits per heavy atom. The molecule has 4 rings (SSSR count). The molecule has 1 saturated carbocycles. The van der Waals surface area contributed by atoms with E-state index in [0.29, 0.717) is 17.9 Å². The summed E-state index contributed by atoms with van der Waals surface area (Å²) in [5, 5.41) is 0. The SMILES string of the molecule is COc1ccccc1N1CCN(C2CCCN(C(=O)C3CC3)C2)CC1. The van der Waals surface area contributed by atoms with Gasteiger partial charge in [-0.15, -0.1) is 0 Å². The summed E-state index contributed by atoms with van der Waals surface area (Å²) in [7, 11) is 1.74. The number of amides is 1. The molecular weight excluding hydrogens is 314 g/mol. The summed E-state index contributed by atoms with van der Waals surface area (Å²) in [4.78, 5) is 19.5. The first-order valence-electron chi connectivity index (χ1n) is 9.67. The molecule has 25 heavy (non-hydrogen) atoms. The van der Waals surface area contributed by atoms with Crippen molar-refractivity contribution in [3.63, 3.8) is 0 Å². The Balaban J connectivity index is 1.34. The summed E-state index contributed by atoms with van der Waals surface area (Å²) in [6.45, 7) is 6.07. The molecule has 0 radical (unpaired) electrons. The van der Waals surface area contributed by atoms with E-state index in [9.17, 15) is 4.79 Å². The van der Waals surface area contributed by atoms with Gasteiger partial charge in [0.15, 0.2) is 0 Å². The number of benzene rings is 1. The lowest BCUT2D eigenvalue weighted by Gasteiger charge is -2.44. The second kappa shape index (κ2) is 7.24. The second-order valence-electron chi connectivity index (χ2n) is 7.55. The molecule has 1 aromatic rings. The summed E-state index contributed by atoms with van der Waals surface area (Å²) in [5.41, 5.74) is 1.19. The van der Waals surface area contributed by atoms with Gasteiger partial charge in [0.25, 0.3) is 0 Å². The van der Waals surface area contributed by atoms with Crippen LogP contribution in [0.4, 0.5) is 5.69 Å². The fourth-order valence-corrected chi connectivity index (χ4v) is 4.26. The van der Waals surface area contributed by atoms with Crippen LogP contribution in [0.15, 0.2) is 24.3 Å². The highest BCUT2D eigenvalue weighted by Gasteiger charge is 2.37. The minimum Gasteiger partial charge on any atom is -0.495 e. The number of hydrogen-bond donors (Lipinski definition) is 0. The lowest BCUT2D eigenvalue weighted by atomic mass is 10.0. The third-order valence-electron chi connectivity index (χ3n) is 5.89. The van der Waals surface area contributed by atoms with Crippen LogP contribution in [0.25, 0.3) is 0 Å². The van der Waals surface area contributed by atoms with Gasteiger partial charge < -0.3 is 14.5 Å². The standard InChI is InChI=1S/C20H29N3O2/c1-25-19-7-3-2-6-18(19)22-13-11-21(12-14-22)17-5-4-10-23(15-17)20(24)16-8-9-16/h2-3,6-7,16-17H,4-5,8-15H2,1H3. The molecule has 1 amide bonds. The van der Waals surface area contributed by atoms with Crippen molar-refractivity contribution in [1.82, 2.24) is 9.80 Å². The fourth-order valence-electron chi connectivity index (χ4n) is 4.26. The number of methoxy groups -OCH3 is 1. The van der Waals surface area contributed by atoms with Gasteiger partial charge in [0.1, 0.15) is 5.75 Å². The van der Waals surface area contributed by atoms with Crippen molar-refractivity contribution in [2.45, 2.75) is 31.7 Å². The van der Waals surface area contributed by atoms with E-state index in [0.717, 1.165) is 64.3 Å². The number of carbonyl (C=O) groups excluding carboxylic acids is 1. The van der Waals surface area contributed by atoms with Crippen LogP contribution < -0.4 is 9.64 Å². The summed E-state index contributed by atoms with van der Waals surface area (Å²) >= 11 is 0. The molecular formula is C20H29N3O2. The van der Waals surface area contributed by atoms with Gasteiger partial charge >= 0.3 is 0 Å². The molecule has 2 aliphatic heterocycles. The van der Waals surface area contributed by atoms with Crippen LogP contribution in [0.2, 0.25) is 0 Å². The van der Waals surface area contributed by atoms with Gasteiger partial charge in [0.2, 0.25) is 5.91 Å². The first-order valence-corrected chi connectivity index (χ1v) is 9.67. The number of carbonyl (C=O) groups is 1. The van der Waals surface area contributed by atoms with Gasteiger partial charge in [0.05, 0.1) is 12.8 Å². The lowest BCUT2D eigenvalue weighted by molar-refractivity contribution is -0.134. The van der Waals surface area contributed by atoms with Crippen molar-refractivity contribution < 1.29 is 9.53 Å². The van der Waals surface area contributed by atoms with E-state index < -0.39 is 0 Å². The van der Waals surface area contributed by atoms with E-state index in [1.807, 2.05) is 12.1 Å². The number of para-hydroxylation sites is 2. The summed E-state index contributed by atoms with van der Waals surface area (Å²) in [5.74, 6) is 1.72. The van der Waals surface area contributed by atoms with Crippen molar-refractivity contribution in [3.8, 4) is 5.75 Å². The Morgan fingerprint density at radius 3 is 2.52 bits per heavy atom. The Hall–Kier alpha value is -1.75. The molecule has 1 aliphatic carbocycles. The minimum absolute atomic E-state index is 0.348. The van der Waals surface area contributed by atoms with Crippen LogP contribution >= 0.6 is 0 Å². The van der Waals surface area contributed by atoms with Gasteiger partial charge in [-0.1, -0.05) is 12.1 Å². The molecule has 0 bridgehead atoms. The van der Waals surface area contributed by atoms with E-state index in [2.05, 4.69) is 26.8 Å². The zero-order valence-electron chi connectivity index (χ0n) is 15.2. The third-order valence-corrected chi connectivity index (χ3v) is 5.89. The van der Waals surface area contributed by atoms with E-state index in [4.69, 9.17) is 4.74 Å². The zero-order valence-corrected chi connectivity index (χ0v) is 15.2. The highest BCUT2D eigenvalue weighted by molar-refractivity contribution is 5.81. The van der Waals surface area contributed by atoms with Crippen molar-refractivity contribution in [3.05, 3.63) is 24.3 Å². The number of rotatable bonds is 4. The maximum Gasteiger partial charge on any atom is 0.225 e. The maximum atomic E-state index is 12.4. The highest BCUT2D eigenvalue weighted by Crippen LogP contribution is 2.33. The number of nitrogens with zero attached hydrogens (tertiary/aromatic N) is 3.